The highest BCUT2D eigenvalue weighted by Gasteiger charge is 2.64. The molecule has 0 aliphatic heterocycles. The Labute approximate surface area is 135 Å². The fraction of sp³-hybridized carbons (Fsp3) is 0.429. The largest absolute Gasteiger partial charge is 0.462 e. The number of carbonyl (C=O) groups excluding carboxylic acids is 2. The van der Waals surface area contributed by atoms with E-state index < -0.39 is 36.3 Å². The van der Waals surface area contributed by atoms with E-state index in [0.717, 1.165) is 24.3 Å². The number of anilines is 1. The molecule has 2 amide bonds. The number of hydrogen-bond acceptors (Lipinski definition) is 4. The molecule has 1 rings (SSSR count). The standard InChI is InChI=1S/C14H16F4N2O4/c1-3-23-11(21)13(24-4-2,14(16,17)18)20-12(22)19-10-7-5-9(15)6-8-10/h5-8H,3-4H2,1-2H3,(H2,19,20,22). The molecule has 2 N–H and O–H groups in total. The van der Waals surface area contributed by atoms with Gasteiger partial charge in [0.1, 0.15) is 5.82 Å². The van der Waals surface area contributed by atoms with Crippen molar-refractivity contribution in [1.82, 2.24) is 5.32 Å². The smallest absolute Gasteiger partial charge is 0.448 e. The molecule has 0 spiro atoms. The first-order chi connectivity index (χ1) is 11.2. The van der Waals surface area contributed by atoms with Crippen molar-refractivity contribution in [2.24, 2.45) is 0 Å². The van der Waals surface area contributed by atoms with Crippen LogP contribution >= 0.6 is 0 Å². The average molecular weight is 352 g/mol. The number of hydrogen-bond donors (Lipinski definition) is 2. The number of alkyl halides is 3. The summed E-state index contributed by atoms with van der Waals surface area (Å²) in [5.74, 6) is -2.39. The van der Waals surface area contributed by atoms with Crippen molar-refractivity contribution in [3.05, 3.63) is 30.1 Å². The molecule has 1 aromatic carbocycles. The van der Waals surface area contributed by atoms with Gasteiger partial charge in [0.25, 0.3) is 0 Å². The number of amides is 2. The first-order valence-electron chi connectivity index (χ1n) is 6.89. The van der Waals surface area contributed by atoms with Crippen LogP contribution in [-0.2, 0) is 14.3 Å². The number of esters is 1. The third-order valence-corrected chi connectivity index (χ3v) is 2.71. The summed E-state index contributed by atoms with van der Waals surface area (Å²) in [5, 5.41) is 3.50. The van der Waals surface area contributed by atoms with Gasteiger partial charge in [-0.25, -0.2) is 14.0 Å². The molecule has 0 aliphatic carbocycles. The molecule has 0 radical (unpaired) electrons. The van der Waals surface area contributed by atoms with Crippen LogP contribution in [0.2, 0.25) is 0 Å². The van der Waals surface area contributed by atoms with Gasteiger partial charge in [0.15, 0.2) is 0 Å². The van der Waals surface area contributed by atoms with E-state index in [1.54, 1.807) is 0 Å². The summed E-state index contributed by atoms with van der Waals surface area (Å²) < 4.78 is 61.8. The van der Waals surface area contributed by atoms with Crippen molar-refractivity contribution in [3.63, 3.8) is 0 Å². The molecule has 134 valence electrons. The molecule has 0 heterocycles. The van der Waals surface area contributed by atoms with Crippen molar-refractivity contribution >= 4 is 17.7 Å². The molecular formula is C14H16F4N2O4. The third-order valence-electron chi connectivity index (χ3n) is 2.71. The van der Waals surface area contributed by atoms with Gasteiger partial charge in [0, 0.05) is 12.3 Å². The van der Waals surface area contributed by atoms with E-state index in [2.05, 4.69) is 9.47 Å². The normalized spacial score (nSPS) is 13.8. The van der Waals surface area contributed by atoms with E-state index in [0.29, 0.717) is 0 Å². The topological polar surface area (TPSA) is 76.7 Å². The zero-order valence-corrected chi connectivity index (χ0v) is 12.9. The maximum absolute atomic E-state index is 13.4. The number of carbonyl (C=O) groups is 2. The van der Waals surface area contributed by atoms with Gasteiger partial charge < -0.3 is 14.8 Å². The Kier molecular flexibility index (Phi) is 6.52. The molecule has 10 heteroatoms. The number of rotatable bonds is 6. The summed E-state index contributed by atoms with van der Waals surface area (Å²) in [4.78, 5) is 23.6. The Balaban J connectivity index is 3.04. The summed E-state index contributed by atoms with van der Waals surface area (Å²) in [5.41, 5.74) is -3.63. The van der Waals surface area contributed by atoms with Crippen LogP contribution in [0.3, 0.4) is 0 Å². The van der Waals surface area contributed by atoms with E-state index in [4.69, 9.17) is 0 Å². The van der Waals surface area contributed by atoms with E-state index in [-0.39, 0.29) is 12.3 Å². The highest BCUT2D eigenvalue weighted by atomic mass is 19.4. The SMILES string of the molecule is CCOC(=O)C(NC(=O)Nc1ccc(F)cc1)(OCC)C(F)(F)F. The lowest BCUT2D eigenvalue weighted by molar-refractivity contribution is -0.282. The highest BCUT2D eigenvalue weighted by molar-refractivity contribution is 5.94. The molecular weight excluding hydrogens is 336 g/mol. The van der Waals surface area contributed by atoms with Crippen LogP contribution in [0.15, 0.2) is 24.3 Å². The Hall–Kier alpha value is -2.36. The predicted molar refractivity (Wildman–Crippen MR) is 75.6 cm³/mol. The van der Waals surface area contributed by atoms with Crippen molar-refractivity contribution in [2.45, 2.75) is 25.7 Å². The molecule has 0 fully saturated rings. The Morgan fingerprint density at radius 3 is 2.12 bits per heavy atom. The molecule has 0 aliphatic rings. The summed E-state index contributed by atoms with van der Waals surface area (Å²) in [6, 6.07) is 2.89. The monoisotopic (exact) mass is 352 g/mol. The minimum Gasteiger partial charge on any atom is -0.462 e. The molecule has 1 aromatic rings. The van der Waals surface area contributed by atoms with Crippen LogP contribution in [0.4, 0.5) is 28.0 Å². The van der Waals surface area contributed by atoms with Crippen molar-refractivity contribution in [3.8, 4) is 0 Å². The van der Waals surface area contributed by atoms with Gasteiger partial charge in [0.2, 0.25) is 0 Å². The van der Waals surface area contributed by atoms with Gasteiger partial charge in [-0.2, -0.15) is 13.2 Å². The molecule has 0 saturated carbocycles. The number of nitrogens with one attached hydrogen (secondary N) is 2. The lowest BCUT2D eigenvalue weighted by Crippen LogP contribution is -2.67. The second-order valence-electron chi connectivity index (χ2n) is 4.42. The van der Waals surface area contributed by atoms with Gasteiger partial charge in [-0.1, -0.05) is 0 Å². The van der Waals surface area contributed by atoms with Gasteiger partial charge in [-0.15, -0.1) is 0 Å². The van der Waals surface area contributed by atoms with Gasteiger partial charge in [-0.3, -0.25) is 5.32 Å². The van der Waals surface area contributed by atoms with Crippen molar-refractivity contribution in [2.75, 3.05) is 18.5 Å². The molecule has 6 nitrogen and oxygen atoms in total. The van der Waals surface area contributed by atoms with Crippen molar-refractivity contribution < 1.29 is 36.6 Å². The Morgan fingerprint density at radius 2 is 1.67 bits per heavy atom. The second-order valence-corrected chi connectivity index (χ2v) is 4.42. The first-order valence-corrected chi connectivity index (χ1v) is 6.89. The van der Waals surface area contributed by atoms with Crippen LogP contribution in [0.25, 0.3) is 0 Å². The van der Waals surface area contributed by atoms with Gasteiger partial charge in [0.05, 0.1) is 6.61 Å². The fourth-order valence-electron chi connectivity index (χ4n) is 1.72. The number of halogens is 4. The predicted octanol–water partition coefficient (Wildman–Crippen LogP) is 2.81. The van der Waals surface area contributed by atoms with E-state index in [1.807, 2.05) is 5.32 Å². The zero-order chi connectivity index (χ0) is 18.4. The first kappa shape index (κ1) is 19.7. The van der Waals surface area contributed by atoms with Crippen LogP contribution in [0.1, 0.15) is 13.8 Å². The van der Waals surface area contributed by atoms with Gasteiger partial charge >= 0.3 is 23.9 Å². The fourth-order valence-corrected chi connectivity index (χ4v) is 1.72. The van der Waals surface area contributed by atoms with E-state index in [9.17, 15) is 27.2 Å². The molecule has 24 heavy (non-hydrogen) atoms. The summed E-state index contributed by atoms with van der Waals surface area (Å²) in [6.45, 7) is 1.67. The summed E-state index contributed by atoms with van der Waals surface area (Å²) >= 11 is 0. The van der Waals surface area contributed by atoms with Crippen LogP contribution in [-0.4, -0.2) is 37.1 Å². The Bertz CT molecular complexity index is 577. The van der Waals surface area contributed by atoms with Crippen LogP contribution in [0, 0.1) is 5.82 Å². The second kappa shape index (κ2) is 7.95. The molecule has 1 atom stereocenters. The average Bonchev–Trinajstić information content (AvgIpc) is 2.48. The van der Waals surface area contributed by atoms with Crippen LogP contribution in [0.5, 0.6) is 0 Å². The van der Waals surface area contributed by atoms with E-state index >= 15 is 0 Å². The molecule has 1 unspecified atom stereocenters. The van der Waals surface area contributed by atoms with Crippen LogP contribution < -0.4 is 10.6 Å². The maximum Gasteiger partial charge on any atom is 0.448 e. The quantitative estimate of drug-likeness (QED) is 0.469. The minimum absolute atomic E-state index is 0.0188. The Morgan fingerprint density at radius 1 is 1.08 bits per heavy atom. The number of benzene rings is 1. The highest BCUT2D eigenvalue weighted by Crippen LogP contribution is 2.33. The number of urea groups is 1. The molecule has 0 saturated heterocycles. The van der Waals surface area contributed by atoms with Gasteiger partial charge in [-0.05, 0) is 38.1 Å². The maximum atomic E-state index is 13.4. The lowest BCUT2D eigenvalue weighted by Gasteiger charge is -2.33. The lowest BCUT2D eigenvalue weighted by atomic mass is 10.2. The number of ether oxygens (including phenoxy) is 2. The molecule has 0 aromatic heterocycles. The summed E-state index contributed by atoms with van der Waals surface area (Å²) in [6.07, 6.45) is -5.27. The van der Waals surface area contributed by atoms with E-state index in [1.165, 1.54) is 19.2 Å². The summed E-state index contributed by atoms with van der Waals surface area (Å²) in [7, 11) is 0. The van der Waals surface area contributed by atoms with Crippen molar-refractivity contribution in [1.29, 1.82) is 0 Å². The minimum atomic E-state index is -5.27. The zero-order valence-electron chi connectivity index (χ0n) is 12.9. The molecule has 0 bridgehead atoms. The third kappa shape index (κ3) is 4.57.